The zero-order valence-electron chi connectivity index (χ0n) is 15.0. The minimum absolute atomic E-state index is 0.106. The molecule has 0 radical (unpaired) electrons. The van der Waals surface area contributed by atoms with Crippen LogP contribution in [0, 0.1) is 0 Å². The normalized spacial score (nSPS) is 20.4. The first-order valence-electron chi connectivity index (χ1n) is 8.17. The van der Waals surface area contributed by atoms with E-state index in [0.717, 1.165) is 21.7 Å². The summed E-state index contributed by atoms with van der Waals surface area (Å²) in [5, 5.41) is 12.0. The SMILES string of the molecule is CC(C)c1ncc2n1S(=O)(N(C)C)=[p+]1c(c3ccccc3n1C)=C2O. The maximum absolute atomic E-state index is 14.4. The number of rotatable bonds is 2. The Hall–Kier alpha value is -1.82. The minimum Gasteiger partial charge on any atom is -0.502 e. The lowest BCUT2D eigenvalue weighted by molar-refractivity contribution is 0.502. The standard InChI is InChI=1S/C17H21N4O2PS/c1-11(2)17-18-10-14-15(22)16-12-8-6-7-9-13(12)20(5)24(16)25(23,19(3)4)21(14)17/h6-11H,1-5H3/p+1. The number of fused-ring (bicyclic) bond motifs is 4. The van der Waals surface area contributed by atoms with Gasteiger partial charge in [-0.25, -0.2) is 8.96 Å². The molecular weight excluding hydrogens is 355 g/mol. The van der Waals surface area contributed by atoms with Crippen LogP contribution in [0.5, 0.6) is 0 Å². The molecule has 3 heterocycles. The average Bonchev–Trinajstić information content (AvgIpc) is 3.14. The van der Waals surface area contributed by atoms with Gasteiger partial charge in [0, 0.05) is 20.0 Å². The number of aliphatic hydroxyl groups excluding tert-OH is 1. The van der Waals surface area contributed by atoms with Crippen molar-refractivity contribution in [1.29, 1.82) is 0 Å². The molecule has 6 nitrogen and oxygen atoms in total. The van der Waals surface area contributed by atoms with Crippen LogP contribution in [-0.2, 0) is 16.5 Å². The summed E-state index contributed by atoms with van der Waals surface area (Å²) in [6.45, 7) is 2.76. The molecule has 2 aromatic heterocycles. The predicted molar refractivity (Wildman–Crippen MR) is 104 cm³/mol. The van der Waals surface area contributed by atoms with E-state index < -0.39 is 16.0 Å². The summed E-state index contributed by atoms with van der Waals surface area (Å²) >= 11 is 0. The van der Waals surface area contributed by atoms with Crippen LogP contribution >= 0.6 is 6.47 Å². The van der Waals surface area contributed by atoms with Gasteiger partial charge in [-0.2, -0.15) is 12.8 Å². The van der Waals surface area contributed by atoms with Crippen LogP contribution in [0.15, 0.2) is 30.5 Å². The third-order valence-electron chi connectivity index (χ3n) is 4.64. The van der Waals surface area contributed by atoms with Crippen molar-refractivity contribution in [1.82, 2.24) is 17.6 Å². The van der Waals surface area contributed by atoms with Gasteiger partial charge in [0.25, 0.3) is 9.48 Å². The first kappa shape index (κ1) is 16.6. The molecule has 2 unspecified atom stereocenters. The third-order valence-corrected chi connectivity index (χ3v) is 12.6. The number of hydrogen-bond donors (Lipinski definition) is 1. The smallest absolute Gasteiger partial charge is 0.349 e. The Morgan fingerprint density at radius 2 is 1.96 bits per heavy atom. The Balaban J connectivity index is 2.43. The van der Waals surface area contributed by atoms with E-state index in [-0.39, 0.29) is 11.7 Å². The van der Waals surface area contributed by atoms with E-state index in [1.807, 2.05) is 59.3 Å². The Morgan fingerprint density at radius 3 is 2.60 bits per heavy atom. The van der Waals surface area contributed by atoms with E-state index in [4.69, 9.17) is 0 Å². The van der Waals surface area contributed by atoms with Gasteiger partial charge in [0.1, 0.15) is 11.5 Å². The number of nitrogens with zero attached hydrogens (tertiary/aromatic N) is 4. The second-order valence-electron chi connectivity index (χ2n) is 6.74. The van der Waals surface area contributed by atoms with Gasteiger partial charge in [0.15, 0.2) is 5.76 Å². The largest absolute Gasteiger partial charge is 0.502 e. The maximum Gasteiger partial charge on any atom is 0.349 e. The molecule has 0 fully saturated rings. The van der Waals surface area contributed by atoms with Crippen LogP contribution in [0.4, 0.5) is 0 Å². The zero-order valence-corrected chi connectivity index (χ0v) is 16.7. The van der Waals surface area contributed by atoms with E-state index in [1.165, 1.54) is 0 Å². The predicted octanol–water partition coefficient (Wildman–Crippen LogP) is 2.78. The summed E-state index contributed by atoms with van der Waals surface area (Å²) in [7, 11) is 2.98. The molecular formula is C17H22N4O2PS+. The van der Waals surface area contributed by atoms with E-state index in [0.29, 0.717) is 5.69 Å². The lowest BCUT2D eigenvalue weighted by Crippen LogP contribution is -2.33. The summed E-state index contributed by atoms with van der Waals surface area (Å²) in [5.74, 6) is 1.04. The van der Waals surface area contributed by atoms with Crippen LogP contribution in [0.25, 0.3) is 16.7 Å². The summed E-state index contributed by atoms with van der Waals surface area (Å²) in [5.41, 5.74) is 1.55. The quantitative estimate of drug-likeness (QED) is 0.747. The lowest BCUT2D eigenvalue weighted by Gasteiger charge is -2.20. The van der Waals surface area contributed by atoms with Crippen LogP contribution in [-0.4, -0.2) is 41.0 Å². The molecule has 1 aromatic carbocycles. The monoisotopic (exact) mass is 377 g/mol. The van der Waals surface area contributed by atoms with E-state index >= 15 is 0 Å². The molecule has 0 amide bonds. The number of aliphatic hydroxyl groups is 1. The Kier molecular flexibility index (Phi) is 3.55. The highest BCUT2D eigenvalue weighted by Gasteiger charge is 2.40. The van der Waals surface area contributed by atoms with Gasteiger partial charge in [-0.3, -0.25) is 0 Å². The number of aryl methyl sites for hydroxylation is 1. The fourth-order valence-corrected chi connectivity index (χ4v) is 11.5. The van der Waals surface area contributed by atoms with Crippen LogP contribution in [0.1, 0.15) is 31.3 Å². The van der Waals surface area contributed by atoms with Gasteiger partial charge >= 0.3 is 6.47 Å². The summed E-state index contributed by atoms with van der Waals surface area (Å²) in [4.78, 5) is 5.28. The van der Waals surface area contributed by atoms with Crippen molar-refractivity contribution < 1.29 is 9.32 Å². The van der Waals surface area contributed by atoms with Gasteiger partial charge in [-0.05, 0) is 12.1 Å². The molecule has 3 aromatic rings. The highest BCUT2D eigenvalue weighted by molar-refractivity contribution is 8.24. The van der Waals surface area contributed by atoms with Crippen LogP contribution in [0.3, 0.4) is 0 Å². The van der Waals surface area contributed by atoms with Crippen molar-refractivity contribution >= 4 is 32.6 Å². The average molecular weight is 377 g/mol. The topological polar surface area (TPSA) is 63.3 Å². The molecule has 1 aliphatic heterocycles. The van der Waals surface area contributed by atoms with Crippen molar-refractivity contribution in [3.05, 3.63) is 46.9 Å². The van der Waals surface area contributed by atoms with Crippen molar-refractivity contribution in [2.24, 2.45) is 7.05 Å². The number of para-hydroxylation sites is 1. The Morgan fingerprint density at radius 1 is 1.28 bits per heavy atom. The molecule has 8 heteroatoms. The second kappa shape index (κ2) is 5.34. The lowest BCUT2D eigenvalue weighted by atomic mass is 10.2. The molecule has 1 aliphatic rings. The molecule has 132 valence electrons. The minimum atomic E-state index is -2.67. The fourth-order valence-electron chi connectivity index (χ4n) is 3.47. The molecule has 2 atom stereocenters. The molecule has 1 N–H and O–H groups in total. The van der Waals surface area contributed by atoms with Crippen molar-refractivity contribution in [2.45, 2.75) is 19.8 Å². The second-order valence-corrected chi connectivity index (χ2v) is 12.8. The van der Waals surface area contributed by atoms with Gasteiger partial charge in [0.2, 0.25) is 4.95 Å². The third kappa shape index (κ3) is 1.94. The summed E-state index contributed by atoms with van der Waals surface area (Å²) < 4.78 is 20.1. The van der Waals surface area contributed by atoms with Gasteiger partial charge in [0.05, 0.1) is 24.1 Å². The number of hydrogen-bond acceptors (Lipinski definition) is 3. The highest BCUT2D eigenvalue weighted by atomic mass is 32.5. The van der Waals surface area contributed by atoms with Gasteiger partial charge < -0.3 is 5.11 Å². The Labute approximate surface area is 147 Å². The number of benzene rings is 1. The first-order chi connectivity index (χ1) is 11.8. The molecule has 4 rings (SSSR count). The van der Waals surface area contributed by atoms with E-state index in [9.17, 15) is 9.32 Å². The van der Waals surface area contributed by atoms with Crippen molar-refractivity contribution in [3.8, 4) is 0 Å². The van der Waals surface area contributed by atoms with E-state index in [2.05, 4.69) is 9.31 Å². The summed E-state index contributed by atoms with van der Waals surface area (Å²) in [6, 6.07) is 7.93. The fraction of sp³-hybridized carbons (Fsp3) is 0.353. The molecule has 25 heavy (non-hydrogen) atoms. The number of aromatic nitrogens is 3. The highest BCUT2D eigenvalue weighted by Crippen LogP contribution is 2.36. The molecule has 0 saturated carbocycles. The van der Waals surface area contributed by atoms with Crippen LogP contribution in [0.2, 0.25) is 0 Å². The van der Waals surface area contributed by atoms with Gasteiger partial charge in [-0.15, -0.1) is 0 Å². The maximum atomic E-state index is 14.4. The Bertz CT molecular complexity index is 1230. The van der Waals surface area contributed by atoms with Gasteiger partial charge in [-0.1, -0.05) is 26.0 Å². The zero-order chi connectivity index (χ0) is 18.1. The van der Waals surface area contributed by atoms with E-state index in [1.54, 1.807) is 14.5 Å². The summed E-state index contributed by atoms with van der Waals surface area (Å²) in [6.07, 6.45) is 1.65. The number of imidazole rings is 1. The molecule has 0 bridgehead atoms. The van der Waals surface area contributed by atoms with Crippen molar-refractivity contribution in [2.75, 3.05) is 14.1 Å². The molecule has 0 aliphatic carbocycles. The van der Waals surface area contributed by atoms with Crippen LogP contribution < -0.4 is 4.95 Å². The van der Waals surface area contributed by atoms with Crippen molar-refractivity contribution in [3.63, 3.8) is 0 Å². The molecule has 0 spiro atoms. The molecule has 0 saturated heterocycles. The first-order valence-corrected chi connectivity index (χ1v) is 11.5.